The van der Waals surface area contributed by atoms with Gasteiger partial charge in [0, 0.05) is 12.5 Å². The normalized spacial score (nSPS) is 11.0. The van der Waals surface area contributed by atoms with E-state index in [1.165, 1.54) is 35.1 Å². The van der Waals surface area contributed by atoms with Gasteiger partial charge in [-0.3, -0.25) is 10.1 Å². The van der Waals surface area contributed by atoms with Crippen LogP contribution in [0.15, 0.2) is 54.6 Å². The van der Waals surface area contributed by atoms with Crippen molar-refractivity contribution in [1.82, 2.24) is 10.2 Å². The van der Waals surface area contributed by atoms with E-state index < -0.39 is 0 Å². The van der Waals surface area contributed by atoms with Gasteiger partial charge >= 0.3 is 0 Å². The minimum Gasteiger partial charge on any atom is -0.297 e. The molecule has 2 aromatic carbocycles. The van der Waals surface area contributed by atoms with E-state index in [0.717, 1.165) is 16.1 Å². The molecule has 0 saturated heterocycles. The Labute approximate surface area is 149 Å². The van der Waals surface area contributed by atoms with Crippen LogP contribution in [-0.4, -0.2) is 16.1 Å². The van der Waals surface area contributed by atoms with E-state index in [4.69, 9.17) is 0 Å². The van der Waals surface area contributed by atoms with Crippen LogP contribution in [0.1, 0.15) is 21.7 Å². The highest BCUT2D eigenvalue weighted by atomic mass is 32.1. The summed E-state index contributed by atoms with van der Waals surface area (Å²) in [4.78, 5) is 11.9. The van der Waals surface area contributed by atoms with E-state index in [1.807, 2.05) is 6.92 Å². The number of nitrogens with zero attached hydrogens (tertiary/aromatic N) is 2. The summed E-state index contributed by atoms with van der Waals surface area (Å²) in [5.74, 6) is -0.612. The molecule has 0 aliphatic rings. The third-order valence-electron chi connectivity index (χ3n) is 3.47. The fourth-order valence-electron chi connectivity index (χ4n) is 2.15. The lowest BCUT2D eigenvalue weighted by Gasteiger charge is -1.98. The SMILES string of the molecule is Cc1ccc(Cc2nnc(NC(=O)C=Cc3ccc(F)cc3)s2)cc1. The average Bonchev–Trinajstić information content (AvgIpc) is 3.03. The third kappa shape index (κ3) is 5.06. The van der Waals surface area contributed by atoms with Gasteiger partial charge in [0.1, 0.15) is 10.8 Å². The number of hydrogen-bond acceptors (Lipinski definition) is 4. The van der Waals surface area contributed by atoms with Crippen LogP contribution in [0, 0.1) is 12.7 Å². The number of benzene rings is 2. The molecule has 0 unspecified atom stereocenters. The van der Waals surface area contributed by atoms with Crippen LogP contribution in [0.4, 0.5) is 9.52 Å². The molecule has 0 saturated carbocycles. The summed E-state index contributed by atoms with van der Waals surface area (Å²) < 4.78 is 12.8. The number of aromatic nitrogens is 2. The maximum atomic E-state index is 12.8. The van der Waals surface area contributed by atoms with Crippen molar-refractivity contribution in [1.29, 1.82) is 0 Å². The Morgan fingerprint density at radius 3 is 2.56 bits per heavy atom. The van der Waals surface area contributed by atoms with E-state index >= 15 is 0 Å². The van der Waals surface area contributed by atoms with E-state index in [2.05, 4.69) is 39.8 Å². The van der Waals surface area contributed by atoms with Crippen molar-refractivity contribution < 1.29 is 9.18 Å². The number of carbonyl (C=O) groups excluding carboxylic acids is 1. The van der Waals surface area contributed by atoms with Crippen molar-refractivity contribution in [2.24, 2.45) is 0 Å². The first-order valence-corrected chi connectivity index (χ1v) is 8.53. The van der Waals surface area contributed by atoms with Crippen molar-refractivity contribution >= 4 is 28.5 Å². The van der Waals surface area contributed by atoms with Gasteiger partial charge in [-0.15, -0.1) is 10.2 Å². The smallest absolute Gasteiger partial charge is 0.250 e. The van der Waals surface area contributed by atoms with Crippen molar-refractivity contribution in [2.75, 3.05) is 5.32 Å². The minimum absolute atomic E-state index is 0.303. The molecule has 1 N–H and O–H groups in total. The van der Waals surface area contributed by atoms with Crippen molar-refractivity contribution in [3.8, 4) is 0 Å². The topological polar surface area (TPSA) is 54.9 Å². The molecule has 0 radical (unpaired) electrons. The van der Waals surface area contributed by atoms with Crippen LogP contribution in [-0.2, 0) is 11.2 Å². The largest absolute Gasteiger partial charge is 0.297 e. The van der Waals surface area contributed by atoms with E-state index in [1.54, 1.807) is 18.2 Å². The van der Waals surface area contributed by atoms with Crippen LogP contribution >= 0.6 is 11.3 Å². The summed E-state index contributed by atoms with van der Waals surface area (Å²) >= 11 is 1.35. The molecule has 4 nitrogen and oxygen atoms in total. The fraction of sp³-hybridized carbons (Fsp3) is 0.105. The zero-order valence-corrected chi connectivity index (χ0v) is 14.4. The summed E-state index contributed by atoms with van der Waals surface area (Å²) in [5.41, 5.74) is 3.10. The summed E-state index contributed by atoms with van der Waals surface area (Å²) in [6.07, 6.45) is 3.68. The van der Waals surface area contributed by atoms with Gasteiger partial charge in [0.05, 0.1) is 0 Å². The molecule has 0 aliphatic heterocycles. The quantitative estimate of drug-likeness (QED) is 0.699. The Morgan fingerprint density at radius 1 is 1.12 bits per heavy atom. The third-order valence-corrected chi connectivity index (χ3v) is 4.31. The van der Waals surface area contributed by atoms with Gasteiger partial charge in [0.25, 0.3) is 0 Å². The van der Waals surface area contributed by atoms with Gasteiger partial charge in [0.15, 0.2) is 0 Å². The minimum atomic E-state index is -0.309. The van der Waals surface area contributed by atoms with E-state index in [-0.39, 0.29) is 11.7 Å². The van der Waals surface area contributed by atoms with Gasteiger partial charge < -0.3 is 0 Å². The highest BCUT2D eigenvalue weighted by Gasteiger charge is 2.07. The lowest BCUT2D eigenvalue weighted by atomic mass is 10.1. The zero-order valence-electron chi connectivity index (χ0n) is 13.6. The second-order valence-electron chi connectivity index (χ2n) is 5.54. The summed E-state index contributed by atoms with van der Waals surface area (Å²) in [6.45, 7) is 2.04. The molecule has 0 atom stereocenters. The molecule has 6 heteroatoms. The summed E-state index contributed by atoms with van der Waals surface area (Å²) in [7, 11) is 0. The van der Waals surface area contributed by atoms with Gasteiger partial charge in [0.2, 0.25) is 11.0 Å². The molecule has 0 bridgehead atoms. The van der Waals surface area contributed by atoms with Crippen LogP contribution in [0.2, 0.25) is 0 Å². The molecule has 1 heterocycles. The maximum absolute atomic E-state index is 12.8. The standard InChI is InChI=1S/C19H16FN3OS/c1-13-2-4-15(5-3-13)12-18-22-23-19(25-18)21-17(24)11-8-14-6-9-16(20)10-7-14/h2-11H,12H2,1H3,(H,21,23,24). The molecule has 1 aromatic heterocycles. The van der Waals surface area contributed by atoms with Gasteiger partial charge in [-0.2, -0.15) is 0 Å². The number of hydrogen-bond donors (Lipinski definition) is 1. The average molecular weight is 353 g/mol. The first kappa shape index (κ1) is 17.0. The number of anilines is 1. The summed E-state index contributed by atoms with van der Waals surface area (Å²) in [5, 5.41) is 12.1. The molecule has 126 valence electrons. The molecule has 3 rings (SSSR count). The van der Waals surface area contributed by atoms with Gasteiger partial charge in [-0.1, -0.05) is 53.3 Å². The Hall–Kier alpha value is -2.86. The Kier molecular flexibility index (Phi) is 5.30. The van der Waals surface area contributed by atoms with E-state index in [0.29, 0.717) is 11.6 Å². The van der Waals surface area contributed by atoms with E-state index in [9.17, 15) is 9.18 Å². The number of nitrogens with one attached hydrogen (secondary N) is 1. The Bertz CT molecular complexity index is 886. The number of aryl methyl sites for hydroxylation is 1. The molecular formula is C19H16FN3OS. The second kappa shape index (κ2) is 7.81. The monoisotopic (exact) mass is 353 g/mol. The lowest BCUT2D eigenvalue weighted by molar-refractivity contribution is -0.111. The van der Waals surface area contributed by atoms with Crippen molar-refractivity contribution in [3.05, 3.63) is 82.1 Å². The predicted molar refractivity (Wildman–Crippen MR) is 98.0 cm³/mol. The molecule has 3 aromatic rings. The molecule has 1 amide bonds. The maximum Gasteiger partial charge on any atom is 0.250 e. The first-order valence-electron chi connectivity index (χ1n) is 7.71. The molecule has 0 spiro atoms. The van der Waals surface area contributed by atoms with Crippen molar-refractivity contribution in [2.45, 2.75) is 13.3 Å². The number of rotatable bonds is 5. The fourth-order valence-corrected chi connectivity index (χ4v) is 2.93. The highest BCUT2D eigenvalue weighted by Crippen LogP contribution is 2.19. The number of carbonyl (C=O) groups is 1. The molecule has 0 fully saturated rings. The molecule has 0 aliphatic carbocycles. The zero-order chi connectivity index (χ0) is 17.6. The van der Waals surface area contributed by atoms with Crippen LogP contribution in [0.25, 0.3) is 6.08 Å². The summed E-state index contributed by atoms with van der Waals surface area (Å²) in [6, 6.07) is 14.1. The Balaban J connectivity index is 1.57. The molecular weight excluding hydrogens is 337 g/mol. The van der Waals surface area contributed by atoms with Crippen LogP contribution in [0.3, 0.4) is 0 Å². The molecule has 25 heavy (non-hydrogen) atoms. The lowest BCUT2D eigenvalue weighted by Crippen LogP contribution is -2.07. The van der Waals surface area contributed by atoms with Gasteiger partial charge in [-0.05, 0) is 36.3 Å². The van der Waals surface area contributed by atoms with Crippen LogP contribution in [0.5, 0.6) is 0 Å². The first-order chi connectivity index (χ1) is 12.1. The predicted octanol–water partition coefficient (Wildman–Crippen LogP) is 4.23. The highest BCUT2D eigenvalue weighted by molar-refractivity contribution is 7.15. The van der Waals surface area contributed by atoms with Crippen LogP contribution < -0.4 is 5.32 Å². The Morgan fingerprint density at radius 2 is 1.84 bits per heavy atom. The van der Waals surface area contributed by atoms with Gasteiger partial charge in [-0.25, -0.2) is 4.39 Å². The van der Waals surface area contributed by atoms with Crippen molar-refractivity contribution in [3.63, 3.8) is 0 Å². The second-order valence-corrected chi connectivity index (χ2v) is 6.60. The number of halogens is 1. The number of amides is 1.